The van der Waals surface area contributed by atoms with Crippen molar-refractivity contribution < 1.29 is 4.79 Å². The first-order valence-electron chi connectivity index (χ1n) is 6.93. The Hall–Kier alpha value is -0.770. The molecule has 4 nitrogen and oxygen atoms in total. The van der Waals surface area contributed by atoms with Gasteiger partial charge >= 0.3 is 6.03 Å². The number of amides is 2. The summed E-state index contributed by atoms with van der Waals surface area (Å²) in [7, 11) is 0. The molecule has 2 fully saturated rings. The Morgan fingerprint density at radius 1 is 1.24 bits per heavy atom. The zero-order chi connectivity index (χ0) is 12.3. The van der Waals surface area contributed by atoms with Crippen molar-refractivity contribution in [3.63, 3.8) is 0 Å². The minimum Gasteiger partial charge on any atom is -0.334 e. The number of likely N-dealkylation sites (tertiary alicyclic amines) is 1. The maximum absolute atomic E-state index is 12.1. The van der Waals surface area contributed by atoms with Crippen molar-refractivity contribution in [1.29, 1.82) is 0 Å². The molecule has 0 aromatic rings. The molecule has 2 atom stereocenters. The number of urea groups is 1. The van der Waals surface area contributed by atoms with Gasteiger partial charge in [0.2, 0.25) is 0 Å². The number of hydrogen-bond acceptors (Lipinski definition) is 2. The van der Waals surface area contributed by atoms with Gasteiger partial charge in [-0.15, -0.1) is 0 Å². The largest absolute Gasteiger partial charge is 0.334 e. The Balaban J connectivity index is 1.79. The van der Waals surface area contributed by atoms with Crippen LogP contribution in [0.5, 0.6) is 0 Å². The van der Waals surface area contributed by atoms with E-state index >= 15 is 0 Å². The van der Waals surface area contributed by atoms with Crippen LogP contribution < -0.4 is 10.6 Å². The van der Waals surface area contributed by atoms with Crippen LogP contribution >= 0.6 is 0 Å². The summed E-state index contributed by atoms with van der Waals surface area (Å²) in [5.41, 5.74) is 0. The number of carbonyl (C=O) groups is 1. The van der Waals surface area contributed by atoms with E-state index in [0.717, 1.165) is 51.4 Å². The summed E-state index contributed by atoms with van der Waals surface area (Å²) in [6, 6.07) is 0.438. The monoisotopic (exact) mass is 239 g/mol. The highest BCUT2D eigenvalue weighted by Gasteiger charge is 2.26. The van der Waals surface area contributed by atoms with Gasteiger partial charge in [-0.25, -0.2) is 4.79 Å². The summed E-state index contributed by atoms with van der Waals surface area (Å²) >= 11 is 0. The van der Waals surface area contributed by atoms with Gasteiger partial charge in [0, 0.05) is 25.7 Å². The van der Waals surface area contributed by atoms with Crippen molar-refractivity contribution >= 4 is 6.03 Å². The molecule has 4 heteroatoms. The molecule has 0 aromatic carbocycles. The van der Waals surface area contributed by atoms with Crippen molar-refractivity contribution in [2.75, 3.05) is 26.2 Å². The molecule has 2 aliphatic rings. The van der Waals surface area contributed by atoms with Crippen molar-refractivity contribution in [2.45, 2.75) is 39.2 Å². The molecule has 2 unspecified atom stereocenters. The minimum absolute atomic E-state index is 0.137. The molecule has 0 saturated carbocycles. The van der Waals surface area contributed by atoms with Crippen LogP contribution in [0.4, 0.5) is 4.79 Å². The number of rotatable bonds is 1. The molecule has 0 spiro atoms. The lowest BCUT2D eigenvalue weighted by molar-refractivity contribution is 0.163. The van der Waals surface area contributed by atoms with Gasteiger partial charge in [-0.1, -0.05) is 13.8 Å². The zero-order valence-corrected chi connectivity index (χ0v) is 11.0. The van der Waals surface area contributed by atoms with E-state index in [9.17, 15) is 4.79 Å². The lowest BCUT2D eigenvalue weighted by Crippen LogP contribution is -2.54. The van der Waals surface area contributed by atoms with Crippen LogP contribution in [-0.2, 0) is 0 Å². The fourth-order valence-electron chi connectivity index (χ4n) is 2.64. The van der Waals surface area contributed by atoms with Gasteiger partial charge in [0.25, 0.3) is 0 Å². The number of piperidine rings is 2. The van der Waals surface area contributed by atoms with E-state index in [-0.39, 0.29) is 6.03 Å². The molecule has 2 aliphatic heterocycles. The second kappa shape index (κ2) is 5.71. The number of hydrogen-bond donors (Lipinski definition) is 2. The van der Waals surface area contributed by atoms with E-state index in [1.165, 1.54) is 0 Å². The molecular formula is C13H25N3O. The highest BCUT2D eigenvalue weighted by molar-refractivity contribution is 5.74. The van der Waals surface area contributed by atoms with E-state index < -0.39 is 0 Å². The maximum Gasteiger partial charge on any atom is 0.317 e. The van der Waals surface area contributed by atoms with Crippen LogP contribution in [0, 0.1) is 11.8 Å². The van der Waals surface area contributed by atoms with Crippen molar-refractivity contribution in [2.24, 2.45) is 11.8 Å². The van der Waals surface area contributed by atoms with Gasteiger partial charge < -0.3 is 15.5 Å². The molecule has 0 aliphatic carbocycles. The minimum atomic E-state index is 0.137. The predicted octanol–water partition coefficient (Wildman–Crippen LogP) is 1.43. The molecular weight excluding hydrogens is 214 g/mol. The standard InChI is InChI=1S/C13H25N3O/c1-10-4-7-16(8-5-10)13(17)15-12-9-14-6-3-11(12)2/h10-12,14H,3-9H2,1-2H3,(H,15,17). The quantitative estimate of drug-likeness (QED) is 0.727. The first-order chi connectivity index (χ1) is 8.16. The molecule has 2 saturated heterocycles. The summed E-state index contributed by atoms with van der Waals surface area (Å²) in [6.45, 7) is 8.32. The van der Waals surface area contributed by atoms with E-state index in [0.29, 0.717) is 12.0 Å². The van der Waals surface area contributed by atoms with Gasteiger partial charge in [0.15, 0.2) is 0 Å². The molecule has 2 heterocycles. The first kappa shape index (κ1) is 12.7. The molecule has 0 aromatic heterocycles. The Labute approximate surface area is 104 Å². The third-order valence-electron chi connectivity index (χ3n) is 4.21. The predicted molar refractivity (Wildman–Crippen MR) is 68.9 cm³/mol. The number of nitrogens with one attached hydrogen (secondary N) is 2. The Morgan fingerprint density at radius 2 is 1.94 bits per heavy atom. The van der Waals surface area contributed by atoms with Gasteiger partial charge in [-0.2, -0.15) is 0 Å². The fourth-order valence-corrected chi connectivity index (χ4v) is 2.64. The second-order valence-corrected chi connectivity index (χ2v) is 5.70. The Kier molecular flexibility index (Phi) is 4.26. The fraction of sp³-hybridized carbons (Fsp3) is 0.923. The normalized spacial score (nSPS) is 31.3. The highest BCUT2D eigenvalue weighted by Crippen LogP contribution is 2.17. The second-order valence-electron chi connectivity index (χ2n) is 5.70. The van der Waals surface area contributed by atoms with Crippen LogP contribution in [-0.4, -0.2) is 43.2 Å². The summed E-state index contributed by atoms with van der Waals surface area (Å²) in [4.78, 5) is 14.1. The van der Waals surface area contributed by atoms with Crippen molar-refractivity contribution in [1.82, 2.24) is 15.5 Å². The summed E-state index contributed by atoms with van der Waals surface area (Å²) < 4.78 is 0. The van der Waals surface area contributed by atoms with Crippen molar-refractivity contribution in [3.8, 4) is 0 Å². The summed E-state index contributed by atoms with van der Waals surface area (Å²) in [5, 5.41) is 6.53. The molecule has 0 radical (unpaired) electrons. The maximum atomic E-state index is 12.1. The highest BCUT2D eigenvalue weighted by atomic mass is 16.2. The van der Waals surface area contributed by atoms with E-state index in [1.807, 2.05) is 4.90 Å². The van der Waals surface area contributed by atoms with Crippen LogP contribution in [0.3, 0.4) is 0 Å². The molecule has 17 heavy (non-hydrogen) atoms. The Bertz CT molecular complexity index is 261. The van der Waals surface area contributed by atoms with Gasteiger partial charge in [0.1, 0.15) is 0 Å². The lowest BCUT2D eigenvalue weighted by atomic mass is 9.95. The number of carbonyl (C=O) groups excluding carboxylic acids is 1. The van der Waals surface area contributed by atoms with Gasteiger partial charge in [-0.05, 0) is 37.6 Å². The smallest absolute Gasteiger partial charge is 0.317 e. The molecule has 98 valence electrons. The molecule has 2 amide bonds. The topological polar surface area (TPSA) is 44.4 Å². The zero-order valence-electron chi connectivity index (χ0n) is 11.0. The van der Waals surface area contributed by atoms with E-state index in [4.69, 9.17) is 0 Å². The van der Waals surface area contributed by atoms with Crippen LogP contribution in [0.15, 0.2) is 0 Å². The van der Waals surface area contributed by atoms with Crippen LogP contribution in [0.1, 0.15) is 33.1 Å². The number of nitrogens with zero attached hydrogens (tertiary/aromatic N) is 1. The third kappa shape index (κ3) is 3.35. The molecule has 2 N–H and O–H groups in total. The average molecular weight is 239 g/mol. The molecule has 2 rings (SSSR count). The summed E-state index contributed by atoms with van der Waals surface area (Å²) in [6.07, 6.45) is 3.44. The van der Waals surface area contributed by atoms with Crippen LogP contribution in [0.2, 0.25) is 0 Å². The SMILES string of the molecule is CC1CCN(C(=O)NC2CNCCC2C)CC1. The Morgan fingerprint density at radius 3 is 2.59 bits per heavy atom. The first-order valence-corrected chi connectivity index (χ1v) is 6.93. The molecule has 0 bridgehead atoms. The van der Waals surface area contributed by atoms with E-state index in [1.54, 1.807) is 0 Å². The third-order valence-corrected chi connectivity index (χ3v) is 4.21. The van der Waals surface area contributed by atoms with E-state index in [2.05, 4.69) is 24.5 Å². The average Bonchev–Trinajstić information content (AvgIpc) is 2.33. The van der Waals surface area contributed by atoms with Crippen molar-refractivity contribution in [3.05, 3.63) is 0 Å². The summed E-state index contributed by atoms with van der Waals surface area (Å²) in [5.74, 6) is 1.36. The van der Waals surface area contributed by atoms with Gasteiger partial charge in [-0.3, -0.25) is 0 Å². The van der Waals surface area contributed by atoms with Gasteiger partial charge in [0.05, 0.1) is 0 Å². The van der Waals surface area contributed by atoms with Crippen LogP contribution in [0.25, 0.3) is 0 Å². The lowest BCUT2D eigenvalue weighted by Gasteiger charge is -2.35.